The number of amides is 2. The third-order valence-electron chi connectivity index (χ3n) is 4.21. The maximum absolute atomic E-state index is 11.2. The number of fused-ring (bicyclic) bond motifs is 1. The lowest BCUT2D eigenvalue weighted by atomic mass is 10.1. The molecule has 3 heterocycles. The summed E-state index contributed by atoms with van der Waals surface area (Å²) in [6.07, 6.45) is 5.92. The summed E-state index contributed by atoms with van der Waals surface area (Å²) in [6, 6.07) is 0.205. The minimum absolute atomic E-state index is 0.172. The van der Waals surface area contributed by atoms with Crippen molar-refractivity contribution in [2.24, 2.45) is 0 Å². The minimum Gasteiger partial charge on any atom is -0.305 e. The molecule has 0 fully saturated rings. The van der Waals surface area contributed by atoms with E-state index in [0.717, 1.165) is 42.1 Å². The Hall–Kier alpha value is -2.39. The Morgan fingerprint density at radius 1 is 1.26 bits per heavy atom. The summed E-state index contributed by atoms with van der Waals surface area (Å²) >= 11 is 1.49. The first kappa shape index (κ1) is 20.9. The number of carbonyl (C=O) groups excluding carboxylic acids is 2. The van der Waals surface area contributed by atoms with E-state index < -0.39 is 0 Å². The number of anilines is 2. The third kappa shape index (κ3) is 5.54. The van der Waals surface area contributed by atoms with Crippen molar-refractivity contribution < 1.29 is 9.59 Å². The molecule has 1 atom stereocenters. The fraction of sp³-hybridized carbons (Fsp3) is 0.500. The molecular formula is C18H26N6O2S. The Balaban J connectivity index is 0.00000126. The number of rotatable bonds is 5. The summed E-state index contributed by atoms with van der Waals surface area (Å²) in [5.74, 6) is 0.188. The standard InChI is InChI=1S/C16H20N6O2S.C2H6/c1-10(14-8-18-16(25-14)19-9-23)22-5-3-12-7-17-15(20-11(2)24)21-13(12)4-6-22;1-2/h7-10H,3-6H2,1-2H3,(H,18,19,23)(H,17,20,21,24);1-2H3/t10-;/m1./s1. The molecule has 9 heteroatoms. The summed E-state index contributed by atoms with van der Waals surface area (Å²) in [5.41, 5.74) is 2.11. The number of aromatic nitrogens is 3. The highest BCUT2D eigenvalue weighted by Crippen LogP contribution is 2.29. The van der Waals surface area contributed by atoms with Crippen LogP contribution in [0.15, 0.2) is 12.4 Å². The zero-order chi connectivity index (χ0) is 19.8. The highest BCUT2D eigenvalue weighted by Gasteiger charge is 2.22. The molecule has 0 unspecified atom stereocenters. The summed E-state index contributed by atoms with van der Waals surface area (Å²) in [6.45, 7) is 9.34. The molecule has 1 aliphatic heterocycles. The third-order valence-corrected chi connectivity index (χ3v) is 5.31. The van der Waals surface area contributed by atoms with Crippen LogP contribution in [-0.2, 0) is 22.4 Å². The molecule has 0 spiro atoms. The molecule has 1 aliphatic rings. The van der Waals surface area contributed by atoms with Crippen LogP contribution in [0.1, 0.15) is 49.9 Å². The van der Waals surface area contributed by atoms with Gasteiger partial charge in [0, 0.05) is 49.7 Å². The van der Waals surface area contributed by atoms with Gasteiger partial charge in [-0.3, -0.25) is 19.8 Å². The van der Waals surface area contributed by atoms with Gasteiger partial charge in [0.15, 0.2) is 5.13 Å². The summed E-state index contributed by atoms with van der Waals surface area (Å²) < 4.78 is 0. The van der Waals surface area contributed by atoms with Gasteiger partial charge in [-0.2, -0.15) is 0 Å². The average molecular weight is 391 g/mol. The summed E-state index contributed by atoms with van der Waals surface area (Å²) in [7, 11) is 0. The SMILES string of the molecule is CC.CC(=O)Nc1ncc2c(n1)CCN([C@H](C)c1cnc(NC=O)s1)CC2. The predicted molar refractivity (Wildman–Crippen MR) is 107 cm³/mol. The molecule has 3 rings (SSSR count). The van der Waals surface area contributed by atoms with E-state index in [9.17, 15) is 9.59 Å². The van der Waals surface area contributed by atoms with Crippen molar-refractivity contribution >= 4 is 34.7 Å². The van der Waals surface area contributed by atoms with Crippen LogP contribution in [0.3, 0.4) is 0 Å². The van der Waals surface area contributed by atoms with Gasteiger partial charge in [-0.05, 0) is 18.9 Å². The van der Waals surface area contributed by atoms with Crippen LogP contribution < -0.4 is 10.6 Å². The fourth-order valence-corrected chi connectivity index (χ4v) is 3.74. The quantitative estimate of drug-likeness (QED) is 0.761. The second kappa shape index (κ2) is 10.1. The predicted octanol–water partition coefficient (Wildman–Crippen LogP) is 2.65. The van der Waals surface area contributed by atoms with Crippen LogP contribution >= 0.6 is 11.3 Å². The first-order valence-electron chi connectivity index (χ1n) is 9.09. The van der Waals surface area contributed by atoms with E-state index in [0.29, 0.717) is 17.5 Å². The normalized spacial score (nSPS) is 14.8. The van der Waals surface area contributed by atoms with E-state index in [-0.39, 0.29) is 11.9 Å². The lowest BCUT2D eigenvalue weighted by Gasteiger charge is -2.26. The first-order chi connectivity index (χ1) is 13.1. The summed E-state index contributed by atoms with van der Waals surface area (Å²) in [4.78, 5) is 38.1. The molecule has 27 heavy (non-hydrogen) atoms. The van der Waals surface area contributed by atoms with Crippen molar-refractivity contribution in [2.75, 3.05) is 23.7 Å². The number of thiazole rings is 1. The smallest absolute Gasteiger partial charge is 0.229 e. The molecule has 0 saturated heterocycles. The van der Waals surface area contributed by atoms with Gasteiger partial charge >= 0.3 is 0 Å². The van der Waals surface area contributed by atoms with Crippen molar-refractivity contribution in [3.05, 3.63) is 28.5 Å². The Labute approximate surface area is 163 Å². The number of nitrogens with one attached hydrogen (secondary N) is 2. The van der Waals surface area contributed by atoms with Crippen molar-refractivity contribution in [3.63, 3.8) is 0 Å². The topological polar surface area (TPSA) is 100 Å². The van der Waals surface area contributed by atoms with Crippen molar-refractivity contribution in [3.8, 4) is 0 Å². The largest absolute Gasteiger partial charge is 0.305 e. The van der Waals surface area contributed by atoms with E-state index in [4.69, 9.17) is 0 Å². The number of nitrogens with zero attached hydrogens (tertiary/aromatic N) is 4. The van der Waals surface area contributed by atoms with E-state index in [2.05, 4.69) is 37.4 Å². The van der Waals surface area contributed by atoms with Gasteiger partial charge in [0.05, 0.1) is 5.69 Å². The Morgan fingerprint density at radius 2 is 2.00 bits per heavy atom. The highest BCUT2D eigenvalue weighted by molar-refractivity contribution is 7.15. The molecule has 2 aromatic heterocycles. The van der Waals surface area contributed by atoms with E-state index in [1.54, 1.807) is 6.20 Å². The molecule has 146 valence electrons. The van der Waals surface area contributed by atoms with E-state index in [1.165, 1.54) is 18.3 Å². The molecule has 0 saturated carbocycles. The van der Waals surface area contributed by atoms with Gasteiger partial charge in [0.25, 0.3) is 0 Å². The van der Waals surface area contributed by atoms with Crippen LogP contribution in [0.2, 0.25) is 0 Å². The Bertz CT molecular complexity index is 779. The Morgan fingerprint density at radius 3 is 2.70 bits per heavy atom. The molecular weight excluding hydrogens is 364 g/mol. The first-order valence-corrected chi connectivity index (χ1v) is 9.91. The number of carbonyl (C=O) groups is 2. The number of hydrogen-bond acceptors (Lipinski definition) is 7. The lowest BCUT2D eigenvalue weighted by Crippen LogP contribution is -2.29. The van der Waals surface area contributed by atoms with Crippen LogP contribution in [0.5, 0.6) is 0 Å². The molecule has 0 aromatic carbocycles. The van der Waals surface area contributed by atoms with Crippen LogP contribution in [-0.4, -0.2) is 45.3 Å². The molecule has 2 N–H and O–H groups in total. The second-order valence-corrected chi connectivity index (χ2v) is 6.95. The maximum Gasteiger partial charge on any atom is 0.229 e. The van der Waals surface area contributed by atoms with Crippen LogP contribution in [0, 0.1) is 0 Å². The number of hydrogen-bond donors (Lipinski definition) is 2. The van der Waals surface area contributed by atoms with Crippen molar-refractivity contribution in [1.82, 2.24) is 19.9 Å². The maximum atomic E-state index is 11.2. The minimum atomic E-state index is -0.172. The molecule has 2 aromatic rings. The van der Waals surface area contributed by atoms with E-state index >= 15 is 0 Å². The average Bonchev–Trinajstić information content (AvgIpc) is 3.02. The van der Waals surface area contributed by atoms with E-state index in [1.807, 2.05) is 20.0 Å². The molecule has 2 amide bonds. The monoisotopic (exact) mass is 390 g/mol. The zero-order valence-corrected chi connectivity index (χ0v) is 17.0. The van der Waals surface area contributed by atoms with Gasteiger partial charge in [-0.25, -0.2) is 15.0 Å². The van der Waals surface area contributed by atoms with Crippen LogP contribution in [0.4, 0.5) is 11.1 Å². The van der Waals surface area contributed by atoms with Gasteiger partial charge in [0.1, 0.15) is 0 Å². The molecule has 0 bridgehead atoms. The second-order valence-electron chi connectivity index (χ2n) is 5.89. The van der Waals surface area contributed by atoms with Gasteiger partial charge in [-0.15, -0.1) is 11.3 Å². The van der Waals surface area contributed by atoms with Crippen molar-refractivity contribution in [1.29, 1.82) is 0 Å². The Kier molecular flexibility index (Phi) is 7.81. The van der Waals surface area contributed by atoms with Gasteiger partial charge in [0.2, 0.25) is 18.3 Å². The zero-order valence-electron chi connectivity index (χ0n) is 16.2. The van der Waals surface area contributed by atoms with Crippen molar-refractivity contribution in [2.45, 2.75) is 46.6 Å². The van der Waals surface area contributed by atoms with Gasteiger partial charge in [-0.1, -0.05) is 13.8 Å². The molecule has 0 radical (unpaired) electrons. The molecule has 8 nitrogen and oxygen atoms in total. The van der Waals surface area contributed by atoms with Crippen LogP contribution in [0.25, 0.3) is 0 Å². The fourth-order valence-electron chi connectivity index (χ4n) is 2.87. The summed E-state index contributed by atoms with van der Waals surface area (Å²) in [5, 5.41) is 5.83. The lowest BCUT2D eigenvalue weighted by molar-refractivity contribution is -0.114. The highest BCUT2D eigenvalue weighted by atomic mass is 32.1. The van der Waals surface area contributed by atoms with Gasteiger partial charge < -0.3 is 5.32 Å². The molecule has 0 aliphatic carbocycles.